The summed E-state index contributed by atoms with van der Waals surface area (Å²) in [6.07, 6.45) is 0.940. The van der Waals surface area contributed by atoms with Crippen molar-refractivity contribution in [3.63, 3.8) is 0 Å². The van der Waals surface area contributed by atoms with Crippen molar-refractivity contribution in [1.29, 1.82) is 0 Å². The summed E-state index contributed by atoms with van der Waals surface area (Å²) < 4.78 is 10.6. The summed E-state index contributed by atoms with van der Waals surface area (Å²) in [4.78, 5) is 13.6. The first-order chi connectivity index (χ1) is 12.7. The Kier molecular flexibility index (Phi) is 5.92. The summed E-state index contributed by atoms with van der Waals surface area (Å²) in [6, 6.07) is 17.5. The van der Waals surface area contributed by atoms with E-state index < -0.39 is 0 Å². The standard InChI is InChI=1S/C21H21NO3S/c1-24-16-10-11-19(25-2)15(14-16)9-12-21(23)22-18-7-4-3-6-17(18)20-8-5-13-26-20/h3-8,10-11,13-14H,9,12H2,1-2H3,(H,22,23). The summed E-state index contributed by atoms with van der Waals surface area (Å²) >= 11 is 1.65. The smallest absolute Gasteiger partial charge is 0.224 e. The second kappa shape index (κ2) is 8.54. The maximum Gasteiger partial charge on any atom is 0.224 e. The van der Waals surface area contributed by atoms with Crippen LogP contribution in [0.2, 0.25) is 0 Å². The zero-order valence-electron chi connectivity index (χ0n) is 14.8. The molecule has 0 saturated heterocycles. The molecule has 0 unspecified atom stereocenters. The molecule has 0 atom stereocenters. The molecule has 5 heteroatoms. The van der Waals surface area contributed by atoms with Gasteiger partial charge < -0.3 is 14.8 Å². The third-order valence-corrected chi connectivity index (χ3v) is 5.00. The molecule has 0 aliphatic rings. The van der Waals surface area contributed by atoms with Crippen molar-refractivity contribution in [2.24, 2.45) is 0 Å². The fraction of sp³-hybridized carbons (Fsp3) is 0.190. The number of aryl methyl sites for hydroxylation is 1. The van der Waals surface area contributed by atoms with Crippen molar-refractivity contribution in [1.82, 2.24) is 0 Å². The number of amides is 1. The van der Waals surface area contributed by atoms with E-state index in [4.69, 9.17) is 9.47 Å². The van der Waals surface area contributed by atoms with Crippen molar-refractivity contribution < 1.29 is 14.3 Å². The van der Waals surface area contributed by atoms with E-state index in [1.54, 1.807) is 25.6 Å². The number of hydrogen-bond acceptors (Lipinski definition) is 4. The lowest BCUT2D eigenvalue weighted by atomic mass is 10.1. The number of ether oxygens (including phenoxy) is 2. The predicted octanol–water partition coefficient (Wildman–Crippen LogP) is 5.00. The number of para-hydroxylation sites is 1. The lowest BCUT2D eigenvalue weighted by molar-refractivity contribution is -0.116. The third-order valence-electron chi connectivity index (χ3n) is 4.10. The van der Waals surface area contributed by atoms with E-state index >= 15 is 0 Å². The molecule has 0 bridgehead atoms. The molecule has 4 nitrogen and oxygen atoms in total. The highest BCUT2D eigenvalue weighted by Crippen LogP contribution is 2.31. The van der Waals surface area contributed by atoms with Crippen LogP contribution in [0.4, 0.5) is 5.69 Å². The summed E-state index contributed by atoms with van der Waals surface area (Å²) in [7, 11) is 3.25. The highest BCUT2D eigenvalue weighted by molar-refractivity contribution is 7.13. The van der Waals surface area contributed by atoms with Gasteiger partial charge in [0.25, 0.3) is 0 Å². The normalized spacial score (nSPS) is 10.4. The van der Waals surface area contributed by atoms with Crippen molar-refractivity contribution in [2.45, 2.75) is 12.8 Å². The van der Waals surface area contributed by atoms with Crippen LogP contribution in [-0.2, 0) is 11.2 Å². The molecule has 3 rings (SSSR count). The van der Waals surface area contributed by atoms with Crippen LogP contribution in [0.1, 0.15) is 12.0 Å². The molecule has 0 aliphatic heterocycles. The number of carbonyl (C=O) groups excluding carboxylic acids is 1. The van der Waals surface area contributed by atoms with Crippen molar-refractivity contribution in [2.75, 3.05) is 19.5 Å². The fourth-order valence-electron chi connectivity index (χ4n) is 2.78. The molecule has 3 aromatic rings. The minimum absolute atomic E-state index is 0.0288. The van der Waals surface area contributed by atoms with Gasteiger partial charge in [0.2, 0.25) is 5.91 Å². The van der Waals surface area contributed by atoms with Crippen molar-refractivity contribution in [3.8, 4) is 21.9 Å². The third kappa shape index (κ3) is 4.24. The number of thiophene rings is 1. The van der Waals surface area contributed by atoms with Gasteiger partial charge in [0, 0.05) is 22.5 Å². The van der Waals surface area contributed by atoms with Gasteiger partial charge in [0.05, 0.1) is 14.2 Å². The Morgan fingerprint density at radius 3 is 2.62 bits per heavy atom. The summed E-state index contributed by atoms with van der Waals surface area (Å²) in [5, 5.41) is 5.06. The largest absolute Gasteiger partial charge is 0.497 e. The number of methoxy groups -OCH3 is 2. The Morgan fingerprint density at radius 2 is 1.88 bits per heavy atom. The van der Waals surface area contributed by atoms with Gasteiger partial charge in [0.15, 0.2) is 0 Å². The zero-order valence-corrected chi connectivity index (χ0v) is 15.6. The molecule has 26 heavy (non-hydrogen) atoms. The number of carbonyl (C=O) groups is 1. The maximum atomic E-state index is 12.5. The first-order valence-corrected chi connectivity index (χ1v) is 9.23. The number of rotatable bonds is 7. The van der Waals surface area contributed by atoms with Gasteiger partial charge in [0.1, 0.15) is 11.5 Å². The van der Waals surface area contributed by atoms with Crippen LogP contribution in [0.25, 0.3) is 10.4 Å². The molecule has 0 fully saturated rings. The van der Waals surface area contributed by atoms with E-state index in [0.717, 1.165) is 33.2 Å². The Balaban J connectivity index is 1.69. The lowest BCUT2D eigenvalue weighted by Gasteiger charge is -2.12. The molecule has 0 radical (unpaired) electrons. The van der Waals surface area contributed by atoms with Crippen LogP contribution in [0.15, 0.2) is 60.0 Å². The molecule has 0 aliphatic carbocycles. The average molecular weight is 367 g/mol. The molecule has 1 heterocycles. The topological polar surface area (TPSA) is 47.6 Å². The Bertz CT molecular complexity index is 875. The van der Waals surface area contributed by atoms with Gasteiger partial charge in [-0.25, -0.2) is 0 Å². The zero-order chi connectivity index (χ0) is 18.4. The van der Waals surface area contributed by atoms with Gasteiger partial charge in [-0.15, -0.1) is 11.3 Å². The molecule has 0 spiro atoms. The Morgan fingerprint density at radius 1 is 1.04 bits per heavy atom. The van der Waals surface area contributed by atoms with Crippen LogP contribution in [0, 0.1) is 0 Å². The van der Waals surface area contributed by atoms with Gasteiger partial charge >= 0.3 is 0 Å². The molecule has 1 N–H and O–H groups in total. The number of benzene rings is 2. The first kappa shape index (κ1) is 18.0. The van der Waals surface area contributed by atoms with Crippen molar-refractivity contribution in [3.05, 3.63) is 65.5 Å². The second-order valence-electron chi connectivity index (χ2n) is 5.75. The Labute approximate surface area is 157 Å². The minimum atomic E-state index is -0.0288. The Hall–Kier alpha value is -2.79. The number of hydrogen-bond donors (Lipinski definition) is 1. The molecule has 134 valence electrons. The number of anilines is 1. The van der Waals surface area contributed by atoms with Crippen LogP contribution >= 0.6 is 11.3 Å². The SMILES string of the molecule is COc1ccc(OC)c(CCC(=O)Nc2ccccc2-c2cccs2)c1. The summed E-state index contributed by atoms with van der Waals surface area (Å²) in [5.41, 5.74) is 2.82. The predicted molar refractivity (Wildman–Crippen MR) is 106 cm³/mol. The second-order valence-corrected chi connectivity index (χ2v) is 6.70. The molecule has 0 saturated carbocycles. The van der Waals surface area contributed by atoms with Crippen molar-refractivity contribution >= 4 is 22.9 Å². The van der Waals surface area contributed by atoms with E-state index in [0.29, 0.717) is 12.8 Å². The monoisotopic (exact) mass is 367 g/mol. The van der Waals surface area contributed by atoms with Gasteiger partial charge in [-0.2, -0.15) is 0 Å². The van der Waals surface area contributed by atoms with E-state index in [2.05, 4.69) is 11.4 Å². The van der Waals surface area contributed by atoms with E-state index in [1.807, 2.05) is 53.9 Å². The highest BCUT2D eigenvalue weighted by atomic mass is 32.1. The number of nitrogens with one attached hydrogen (secondary N) is 1. The molecular formula is C21H21NO3S. The molecule has 1 amide bonds. The van der Waals surface area contributed by atoms with Crippen LogP contribution in [0.5, 0.6) is 11.5 Å². The first-order valence-electron chi connectivity index (χ1n) is 8.35. The van der Waals surface area contributed by atoms with Gasteiger partial charge in [-0.05, 0) is 47.7 Å². The highest BCUT2D eigenvalue weighted by Gasteiger charge is 2.11. The molecule has 2 aromatic carbocycles. The van der Waals surface area contributed by atoms with E-state index in [1.165, 1.54) is 0 Å². The van der Waals surface area contributed by atoms with Crippen LogP contribution in [0.3, 0.4) is 0 Å². The fourth-order valence-corrected chi connectivity index (χ4v) is 3.54. The molecular weight excluding hydrogens is 346 g/mol. The van der Waals surface area contributed by atoms with E-state index in [9.17, 15) is 4.79 Å². The quantitative estimate of drug-likeness (QED) is 0.639. The minimum Gasteiger partial charge on any atom is -0.497 e. The average Bonchev–Trinajstić information content (AvgIpc) is 3.21. The van der Waals surface area contributed by atoms with Gasteiger partial charge in [-0.3, -0.25) is 4.79 Å². The van der Waals surface area contributed by atoms with E-state index in [-0.39, 0.29) is 5.91 Å². The summed E-state index contributed by atoms with van der Waals surface area (Å²) in [5.74, 6) is 1.49. The lowest BCUT2D eigenvalue weighted by Crippen LogP contribution is -2.13. The maximum absolute atomic E-state index is 12.5. The van der Waals surface area contributed by atoms with Gasteiger partial charge in [-0.1, -0.05) is 24.3 Å². The van der Waals surface area contributed by atoms with Crippen LogP contribution < -0.4 is 14.8 Å². The summed E-state index contributed by atoms with van der Waals surface area (Å²) in [6.45, 7) is 0. The van der Waals surface area contributed by atoms with Crippen LogP contribution in [-0.4, -0.2) is 20.1 Å². The molecule has 1 aromatic heterocycles.